The lowest BCUT2D eigenvalue weighted by molar-refractivity contribution is -0.358. The van der Waals surface area contributed by atoms with E-state index in [2.05, 4.69) is 19.3 Å². The average Bonchev–Trinajstić information content (AvgIpc) is 2.27. The van der Waals surface area contributed by atoms with Crippen molar-refractivity contribution in [1.82, 2.24) is 0 Å². The zero-order valence-electron chi connectivity index (χ0n) is 7.66. The lowest BCUT2D eigenvalue weighted by Crippen LogP contribution is -2.38. The Bertz CT molecular complexity index is 223. The molecule has 2 rings (SSSR count). The van der Waals surface area contributed by atoms with Gasteiger partial charge in [-0.1, -0.05) is 0 Å². The predicted octanol–water partition coefficient (Wildman–Crippen LogP) is 2.50. The van der Waals surface area contributed by atoms with Crippen molar-refractivity contribution in [2.75, 3.05) is 0 Å². The van der Waals surface area contributed by atoms with Gasteiger partial charge in [0.15, 0.2) is 0 Å². The zero-order valence-corrected chi connectivity index (χ0v) is 8.48. The molecule has 2 aliphatic rings. The van der Waals surface area contributed by atoms with Crippen LogP contribution in [0.25, 0.3) is 0 Å². The van der Waals surface area contributed by atoms with E-state index in [4.69, 9.17) is 9.78 Å². The van der Waals surface area contributed by atoms with E-state index in [1.165, 1.54) is 5.57 Å². The Hall–Kier alpha value is 0.01000. The lowest BCUT2D eigenvalue weighted by atomic mass is 9.95. The number of thioether (sulfide) groups is 1. The van der Waals surface area contributed by atoms with Crippen LogP contribution in [-0.2, 0) is 9.78 Å². The summed E-state index contributed by atoms with van der Waals surface area (Å²) >= 11 is 1.84. The first-order chi connectivity index (χ1) is 5.59. The maximum atomic E-state index is 5.34. The minimum atomic E-state index is 0.148. The highest BCUT2D eigenvalue weighted by atomic mass is 32.2. The molecule has 0 aromatic rings. The Morgan fingerprint density at radius 3 is 3.00 bits per heavy atom. The van der Waals surface area contributed by atoms with E-state index in [1.807, 2.05) is 18.7 Å². The Kier molecular flexibility index (Phi) is 1.97. The van der Waals surface area contributed by atoms with Gasteiger partial charge in [0.2, 0.25) is 0 Å². The van der Waals surface area contributed by atoms with E-state index in [9.17, 15) is 0 Å². The molecule has 0 N–H and O–H groups in total. The van der Waals surface area contributed by atoms with Gasteiger partial charge in [-0.3, -0.25) is 0 Å². The number of fused-ring (bicyclic) bond motifs is 1. The summed E-state index contributed by atoms with van der Waals surface area (Å²) in [5, 5.41) is 2.23. The monoisotopic (exact) mass is 186 g/mol. The molecular formula is C9H14O2S. The summed E-state index contributed by atoms with van der Waals surface area (Å²) in [6, 6.07) is 0. The third-order valence-corrected chi connectivity index (χ3v) is 3.56. The summed E-state index contributed by atoms with van der Waals surface area (Å²) in [4.78, 5) is 10.5. The van der Waals surface area contributed by atoms with Crippen LogP contribution in [0, 0.1) is 0 Å². The number of rotatable bonds is 0. The third kappa shape index (κ3) is 1.30. The fourth-order valence-electron chi connectivity index (χ4n) is 1.65. The van der Waals surface area contributed by atoms with Gasteiger partial charge in [0.1, 0.15) is 6.10 Å². The fraction of sp³-hybridized carbons (Fsp3) is 0.778. The van der Waals surface area contributed by atoms with Gasteiger partial charge in [-0.05, 0) is 31.8 Å². The van der Waals surface area contributed by atoms with Crippen molar-refractivity contribution in [2.45, 2.75) is 44.1 Å². The van der Waals surface area contributed by atoms with E-state index >= 15 is 0 Å². The molecule has 0 aliphatic carbocycles. The highest BCUT2D eigenvalue weighted by Gasteiger charge is 2.42. The Morgan fingerprint density at radius 1 is 1.50 bits per heavy atom. The molecule has 0 amide bonds. The van der Waals surface area contributed by atoms with Crippen LogP contribution >= 0.6 is 11.8 Å². The standard InChI is InChI=1S/C9H14O2S/c1-6-4-7-5-12-9(2,3)8(7)11-10-6/h5-6,8H,4H2,1-3H3. The zero-order chi connectivity index (χ0) is 8.77. The van der Waals surface area contributed by atoms with Crippen LogP contribution in [0.3, 0.4) is 0 Å². The average molecular weight is 186 g/mol. The van der Waals surface area contributed by atoms with E-state index in [1.54, 1.807) is 0 Å². The number of hydrogen-bond donors (Lipinski definition) is 0. The molecule has 2 aliphatic heterocycles. The van der Waals surface area contributed by atoms with Crippen molar-refractivity contribution in [2.24, 2.45) is 0 Å². The normalized spacial score (nSPS) is 39.1. The molecule has 2 unspecified atom stereocenters. The quantitative estimate of drug-likeness (QED) is 0.541. The summed E-state index contributed by atoms with van der Waals surface area (Å²) in [6.07, 6.45) is 1.39. The predicted molar refractivity (Wildman–Crippen MR) is 49.8 cm³/mol. The summed E-state index contributed by atoms with van der Waals surface area (Å²) in [5.41, 5.74) is 1.39. The van der Waals surface area contributed by atoms with Gasteiger partial charge in [0, 0.05) is 11.2 Å². The minimum absolute atomic E-state index is 0.148. The fourth-order valence-corrected chi connectivity index (χ4v) is 2.64. The van der Waals surface area contributed by atoms with Crippen LogP contribution in [0.15, 0.2) is 11.0 Å². The molecule has 0 bridgehead atoms. The van der Waals surface area contributed by atoms with Gasteiger partial charge >= 0.3 is 0 Å². The molecule has 2 nitrogen and oxygen atoms in total. The molecule has 0 aromatic heterocycles. The summed E-state index contributed by atoms with van der Waals surface area (Å²) in [7, 11) is 0. The molecule has 1 saturated heterocycles. The van der Waals surface area contributed by atoms with Crippen molar-refractivity contribution < 1.29 is 9.78 Å². The SMILES string of the molecule is CC1CC2=CSC(C)(C)C2OO1. The molecule has 0 spiro atoms. The lowest BCUT2D eigenvalue weighted by Gasteiger charge is -2.32. The second-order valence-electron chi connectivity index (χ2n) is 4.00. The first kappa shape index (κ1) is 8.60. The van der Waals surface area contributed by atoms with Crippen molar-refractivity contribution in [3.05, 3.63) is 11.0 Å². The minimum Gasteiger partial charge on any atom is -0.233 e. The first-order valence-electron chi connectivity index (χ1n) is 4.28. The van der Waals surface area contributed by atoms with Gasteiger partial charge in [-0.15, -0.1) is 11.8 Å². The van der Waals surface area contributed by atoms with Crippen LogP contribution in [-0.4, -0.2) is 17.0 Å². The first-order valence-corrected chi connectivity index (χ1v) is 5.16. The molecule has 68 valence electrons. The van der Waals surface area contributed by atoms with Gasteiger partial charge < -0.3 is 0 Å². The molecule has 3 heteroatoms. The Morgan fingerprint density at radius 2 is 2.25 bits per heavy atom. The molecule has 0 aromatic carbocycles. The van der Waals surface area contributed by atoms with Crippen molar-refractivity contribution in [3.8, 4) is 0 Å². The van der Waals surface area contributed by atoms with E-state index in [-0.39, 0.29) is 17.0 Å². The van der Waals surface area contributed by atoms with Crippen LogP contribution in [0.5, 0.6) is 0 Å². The van der Waals surface area contributed by atoms with Crippen LogP contribution in [0.4, 0.5) is 0 Å². The summed E-state index contributed by atoms with van der Waals surface area (Å²) in [6.45, 7) is 6.41. The van der Waals surface area contributed by atoms with Gasteiger partial charge in [0.05, 0.1) is 6.10 Å². The summed E-state index contributed by atoms with van der Waals surface area (Å²) < 4.78 is 0.148. The maximum absolute atomic E-state index is 5.34. The van der Waals surface area contributed by atoms with Crippen LogP contribution in [0.1, 0.15) is 27.2 Å². The molecule has 2 atom stereocenters. The largest absolute Gasteiger partial charge is 0.233 e. The molecule has 12 heavy (non-hydrogen) atoms. The van der Waals surface area contributed by atoms with E-state index in [0.717, 1.165) is 6.42 Å². The van der Waals surface area contributed by atoms with Gasteiger partial charge in [0.25, 0.3) is 0 Å². The molecule has 2 heterocycles. The second-order valence-corrected chi connectivity index (χ2v) is 5.52. The Labute approximate surface area is 77.2 Å². The topological polar surface area (TPSA) is 18.5 Å². The molecular weight excluding hydrogens is 172 g/mol. The van der Waals surface area contributed by atoms with Gasteiger partial charge in [-0.2, -0.15) is 0 Å². The highest BCUT2D eigenvalue weighted by Crippen LogP contribution is 2.45. The molecule has 0 saturated carbocycles. The highest BCUT2D eigenvalue weighted by molar-refractivity contribution is 8.03. The van der Waals surface area contributed by atoms with E-state index in [0.29, 0.717) is 0 Å². The smallest absolute Gasteiger partial charge is 0.129 e. The molecule has 1 fully saturated rings. The Balaban J connectivity index is 2.15. The number of hydrogen-bond acceptors (Lipinski definition) is 3. The van der Waals surface area contributed by atoms with Gasteiger partial charge in [-0.25, -0.2) is 9.78 Å². The second kappa shape index (κ2) is 2.76. The van der Waals surface area contributed by atoms with Crippen molar-refractivity contribution in [3.63, 3.8) is 0 Å². The van der Waals surface area contributed by atoms with E-state index < -0.39 is 0 Å². The van der Waals surface area contributed by atoms with Crippen molar-refractivity contribution in [1.29, 1.82) is 0 Å². The molecule has 0 radical (unpaired) electrons. The summed E-state index contributed by atoms with van der Waals surface area (Å²) in [5.74, 6) is 0. The van der Waals surface area contributed by atoms with Crippen molar-refractivity contribution >= 4 is 11.8 Å². The van der Waals surface area contributed by atoms with Crippen LogP contribution in [0.2, 0.25) is 0 Å². The van der Waals surface area contributed by atoms with Crippen LogP contribution < -0.4 is 0 Å². The maximum Gasteiger partial charge on any atom is 0.129 e. The third-order valence-electron chi connectivity index (χ3n) is 2.32.